The van der Waals surface area contributed by atoms with E-state index in [-0.39, 0.29) is 25.0 Å². The van der Waals surface area contributed by atoms with E-state index in [1.165, 1.54) is 0 Å². The molecule has 0 bridgehead atoms. The largest absolute Gasteiger partial charge is 0.458 e. The standard InChI is InChI=1S/C11H21NO5/c1-3-7(4-2)11(15)16-8-5-12-17-9(6-13)10(8)14/h7-10,12-14H,3-6H2,1-2H3. The Balaban J connectivity index is 2.52. The number of nitrogens with one attached hydrogen (secondary N) is 1. The van der Waals surface area contributed by atoms with E-state index >= 15 is 0 Å². The van der Waals surface area contributed by atoms with Crippen molar-refractivity contribution in [3.8, 4) is 0 Å². The molecule has 1 aliphatic rings. The van der Waals surface area contributed by atoms with Gasteiger partial charge < -0.3 is 14.9 Å². The minimum absolute atomic E-state index is 0.141. The van der Waals surface area contributed by atoms with Crippen molar-refractivity contribution in [3.05, 3.63) is 0 Å². The number of hydroxylamine groups is 1. The summed E-state index contributed by atoms with van der Waals surface area (Å²) >= 11 is 0. The van der Waals surface area contributed by atoms with Crippen LogP contribution in [0.4, 0.5) is 0 Å². The number of aliphatic hydroxyl groups is 2. The predicted octanol–water partition coefficient (Wildman–Crippen LogP) is -0.409. The lowest BCUT2D eigenvalue weighted by atomic mass is 10.0. The number of rotatable bonds is 5. The lowest BCUT2D eigenvalue weighted by Gasteiger charge is -2.34. The Morgan fingerprint density at radius 2 is 2.18 bits per heavy atom. The average molecular weight is 247 g/mol. The third kappa shape index (κ3) is 3.64. The Morgan fingerprint density at radius 1 is 1.53 bits per heavy atom. The zero-order valence-corrected chi connectivity index (χ0v) is 10.3. The summed E-state index contributed by atoms with van der Waals surface area (Å²) < 4.78 is 5.24. The molecule has 0 aromatic rings. The molecule has 6 heteroatoms. The molecule has 0 aromatic carbocycles. The molecule has 1 heterocycles. The molecule has 0 radical (unpaired) electrons. The van der Waals surface area contributed by atoms with Gasteiger partial charge in [0.15, 0.2) is 0 Å². The minimum atomic E-state index is -1.00. The summed E-state index contributed by atoms with van der Waals surface area (Å²) in [6.07, 6.45) is -1.01. The lowest BCUT2D eigenvalue weighted by Crippen LogP contribution is -2.55. The molecule has 1 rings (SSSR count). The van der Waals surface area contributed by atoms with Crippen LogP contribution in [0.1, 0.15) is 26.7 Å². The smallest absolute Gasteiger partial charge is 0.309 e. The van der Waals surface area contributed by atoms with Crippen LogP contribution in [0, 0.1) is 5.92 Å². The van der Waals surface area contributed by atoms with Gasteiger partial charge in [-0.15, -0.1) is 0 Å². The van der Waals surface area contributed by atoms with E-state index in [0.29, 0.717) is 12.8 Å². The van der Waals surface area contributed by atoms with Gasteiger partial charge in [0.1, 0.15) is 18.3 Å². The molecule has 3 N–H and O–H groups in total. The fraction of sp³-hybridized carbons (Fsp3) is 0.909. The van der Waals surface area contributed by atoms with Crippen LogP contribution >= 0.6 is 0 Å². The molecule has 0 saturated carbocycles. The first-order valence-electron chi connectivity index (χ1n) is 6.01. The Bertz CT molecular complexity index is 244. The maximum Gasteiger partial charge on any atom is 0.309 e. The molecule has 3 atom stereocenters. The Hall–Kier alpha value is -0.690. The van der Waals surface area contributed by atoms with Crippen molar-refractivity contribution in [2.45, 2.75) is 45.0 Å². The molecule has 100 valence electrons. The van der Waals surface area contributed by atoms with Crippen molar-refractivity contribution in [1.29, 1.82) is 0 Å². The number of hydrogen-bond acceptors (Lipinski definition) is 6. The van der Waals surface area contributed by atoms with Crippen LogP contribution in [0.15, 0.2) is 0 Å². The average Bonchev–Trinajstić information content (AvgIpc) is 2.33. The minimum Gasteiger partial charge on any atom is -0.458 e. The summed E-state index contributed by atoms with van der Waals surface area (Å²) in [5, 5.41) is 18.8. The van der Waals surface area contributed by atoms with E-state index in [0.717, 1.165) is 0 Å². The van der Waals surface area contributed by atoms with E-state index in [1.807, 2.05) is 13.8 Å². The van der Waals surface area contributed by atoms with Crippen molar-refractivity contribution in [3.63, 3.8) is 0 Å². The highest BCUT2D eigenvalue weighted by Crippen LogP contribution is 2.16. The number of esters is 1. The van der Waals surface area contributed by atoms with E-state index < -0.39 is 18.3 Å². The van der Waals surface area contributed by atoms with Gasteiger partial charge in [-0.1, -0.05) is 13.8 Å². The van der Waals surface area contributed by atoms with Gasteiger partial charge in [0.05, 0.1) is 19.1 Å². The van der Waals surface area contributed by atoms with Gasteiger partial charge in [-0.05, 0) is 12.8 Å². The van der Waals surface area contributed by atoms with Crippen molar-refractivity contribution in [1.82, 2.24) is 5.48 Å². The van der Waals surface area contributed by atoms with Crippen LogP contribution in [-0.4, -0.2) is 47.6 Å². The Morgan fingerprint density at radius 3 is 2.71 bits per heavy atom. The number of ether oxygens (including phenoxy) is 1. The van der Waals surface area contributed by atoms with Crippen LogP contribution in [0.3, 0.4) is 0 Å². The first kappa shape index (κ1) is 14.4. The van der Waals surface area contributed by atoms with E-state index in [4.69, 9.17) is 14.7 Å². The Kier molecular flexibility index (Phi) is 5.84. The number of aliphatic hydroxyl groups excluding tert-OH is 2. The molecule has 0 aliphatic carbocycles. The zero-order chi connectivity index (χ0) is 12.8. The van der Waals surface area contributed by atoms with Gasteiger partial charge in [0, 0.05) is 0 Å². The fourth-order valence-electron chi connectivity index (χ4n) is 1.79. The van der Waals surface area contributed by atoms with Crippen molar-refractivity contribution >= 4 is 5.97 Å². The molecule has 6 nitrogen and oxygen atoms in total. The zero-order valence-electron chi connectivity index (χ0n) is 10.3. The number of carbonyl (C=O) groups is 1. The van der Waals surface area contributed by atoms with Gasteiger partial charge in [0.25, 0.3) is 0 Å². The van der Waals surface area contributed by atoms with Crippen LogP contribution in [0.5, 0.6) is 0 Å². The molecule has 0 aromatic heterocycles. The van der Waals surface area contributed by atoms with Crippen molar-refractivity contribution in [2.24, 2.45) is 5.92 Å². The molecule has 1 saturated heterocycles. The molecule has 1 aliphatic heterocycles. The highest BCUT2D eigenvalue weighted by Gasteiger charge is 2.36. The van der Waals surface area contributed by atoms with E-state index in [1.54, 1.807) is 0 Å². The molecule has 1 fully saturated rings. The topological polar surface area (TPSA) is 88.0 Å². The fourth-order valence-corrected chi connectivity index (χ4v) is 1.79. The van der Waals surface area contributed by atoms with E-state index in [2.05, 4.69) is 5.48 Å². The van der Waals surface area contributed by atoms with Crippen LogP contribution in [-0.2, 0) is 14.4 Å². The number of hydrogen-bond donors (Lipinski definition) is 3. The second kappa shape index (κ2) is 6.90. The predicted molar refractivity (Wildman–Crippen MR) is 59.9 cm³/mol. The van der Waals surface area contributed by atoms with Gasteiger partial charge in [-0.25, -0.2) is 0 Å². The summed E-state index contributed by atoms with van der Waals surface area (Å²) in [5.74, 6) is -0.447. The maximum absolute atomic E-state index is 11.7. The molecular weight excluding hydrogens is 226 g/mol. The van der Waals surface area contributed by atoms with Crippen molar-refractivity contribution < 1.29 is 24.6 Å². The Labute approximate surface area is 101 Å². The lowest BCUT2D eigenvalue weighted by molar-refractivity contribution is -0.201. The monoisotopic (exact) mass is 247 g/mol. The van der Waals surface area contributed by atoms with Gasteiger partial charge in [-0.3, -0.25) is 9.63 Å². The van der Waals surface area contributed by atoms with Gasteiger partial charge in [-0.2, -0.15) is 5.48 Å². The van der Waals surface area contributed by atoms with Crippen LogP contribution in [0.25, 0.3) is 0 Å². The third-order valence-electron chi connectivity index (χ3n) is 3.05. The second-order valence-corrected chi connectivity index (χ2v) is 4.17. The highest BCUT2D eigenvalue weighted by atomic mass is 16.7. The summed E-state index contributed by atoms with van der Waals surface area (Å²) in [6.45, 7) is 3.74. The normalized spacial score (nSPS) is 29.4. The maximum atomic E-state index is 11.7. The highest BCUT2D eigenvalue weighted by molar-refractivity contribution is 5.72. The first-order chi connectivity index (χ1) is 8.13. The third-order valence-corrected chi connectivity index (χ3v) is 3.05. The van der Waals surface area contributed by atoms with Gasteiger partial charge in [0.2, 0.25) is 0 Å². The molecule has 0 amide bonds. The molecule has 0 spiro atoms. The van der Waals surface area contributed by atoms with E-state index in [9.17, 15) is 9.90 Å². The SMILES string of the molecule is CCC(CC)C(=O)OC1CNOC(CO)C1O. The quantitative estimate of drug-likeness (QED) is 0.572. The molecule has 3 unspecified atom stereocenters. The first-order valence-corrected chi connectivity index (χ1v) is 6.01. The summed E-state index contributed by atoms with van der Waals surface area (Å²) in [7, 11) is 0. The van der Waals surface area contributed by atoms with Crippen molar-refractivity contribution in [2.75, 3.05) is 13.2 Å². The summed E-state index contributed by atoms with van der Waals surface area (Å²) in [6, 6.07) is 0. The molecular formula is C11H21NO5. The summed E-state index contributed by atoms with van der Waals surface area (Å²) in [4.78, 5) is 16.7. The van der Waals surface area contributed by atoms with Crippen LogP contribution in [0.2, 0.25) is 0 Å². The molecule has 17 heavy (non-hydrogen) atoms. The summed E-state index contributed by atoms with van der Waals surface area (Å²) in [5.41, 5.74) is 2.55. The van der Waals surface area contributed by atoms with Gasteiger partial charge >= 0.3 is 5.97 Å². The second-order valence-electron chi connectivity index (χ2n) is 4.17. The number of carbonyl (C=O) groups excluding carboxylic acids is 1. The van der Waals surface area contributed by atoms with Crippen LogP contribution < -0.4 is 5.48 Å².